The molecule has 0 saturated heterocycles. The fraction of sp³-hybridized carbons (Fsp3) is 0.182. The van der Waals surface area contributed by atoms with Gasteiger partial charge in [-0.25, -0.2) is 0 Å². The smallest absolute Gasteiger partial charge is 0.350 e. The Morgan fingerprint density at radius 1 is 1.19 bits per heavy atom. The summed E-state index contributed by atoms with van der Waals surface area (Å²) in [4.78, 5) is 11.4. The minimum Gasteiger partial charge on any atom is -0.350 e. The van der Waals surface area contributed by atoms with Gasteiger partial charge in [0.15, 0.2) is 5.43 Å². The fourth-order valence-electron chi connectivity index (χ4n) is 1.69. The lowest BCUT2D eigenvalue weighted by Crippen LogP contribution is -2.12. The third kappa shape index (κ3) is 1.58. The van der Waals surface area contributed by atoms with Crippen LogP contribution in [0.3, 0.4) is 0 Å². The van der Waals surface area contributed by atoms with E-state index in [1.165, 1.54) is 36.0 Å². The van der Waals surface area contributed by atoms with Crippen LogP contribution in [0.25, 0.3) is 10.9 Å². The monoisotopic (exact) mass is 227 g/mol. The highest BCUT2D eigenvalue weighted by Crippen LogP contribution is 2.33. The lowest BCUT2D eigenvalue weighted by Gasteiger charge is -2.12. The Morgan fingerprint density at radius 3 is 2.50 bits per heavy atom. The molecule has 5 heteroatoms. The summed E-state index contributed by atoms with van der Waals surface area (Å²) in [6.07, 6.45) is -3.12. The SMILES string of the molecule is Cn1ccc(=O)c2cccc(C(F)(F)F)c21. The number of para-hydroxylation sites is 1. The number of nitrogens with zero attached hydrogens (tertiary/aromatic N) is 1. The van der Waals surface area contributed by atoms with Crippen LogP contribution in [-0.4, -0.2) is 4.57 Å². The van der Waals surface area contributed by atoms with Gasteiger partial charge in [-0.05, 0) is 12.1 Å². The van der Waals surface area contributed by atoms with Crippen LogP contribution >= 0.6 is 0 Å². The summed E-state index contributed by atoms with van der Waals surface area (Å²) in [6, 6.07) is 4.86. The molecule has 0 amide bonds. The van der Waals surface area contributed by atoms with Gasteiger partial charge in [-0.2, -0.15) is 13.2 Å². The van der Waals surface area contributed by atoms with Crippen molar-refractivity contribution in [1.29, 1.82) is 0 Å². The molecule has 0 radical (unpaired) electrons. The standard InChI is InChI=1S/C11H8F3NO/c1-15-6-5-9(16)7-3-2-4-8(10(7)15)11(12,13)14/h2-6H,1H3. The summed E-state index contributed by atoms with van der Waals surface area (Å²) >= 11 is 0. The molecule has 0 N–H and O–H groups in total. The summed E-state index contributed by atoms with van der Waals surface area (Å²) in [6.45, 7) is 0. The first-order chi connectivity index (χ1) is 7.41. The highest BCUT2D eigenvalue weighted by molar-refractivity contribution is 5.82. The van der Waals surface area contributed by atoms with E-state index >= 15 is 0 Å². The molecule has 2 nitrogen and oxygen atoms in total. The van der Waals surface area contributed by atoms with Crippen LogP contribution in [0.2, 0.25) is 0 Å². The van der Waals surface area contributed by atoms with E-state index in [0.29, 0.717) is 0 Å². The zero-order valence-corrected chi connectivity index (χ0v) is 8.38. The topological polar surface area (TPSA) is 22.0 Å². The fourth-order valence-corrected chi connectivity index (χ4v) is 1.69. The molecule has 0 spiro atoms. The number of halogens is 3. The molecule has 16 heavy (non-hydrogen) atoms. The number of pyridine rings is 1. The Labute approximate surface area is 88.9 Å². The zero-order chi connectivity index (χ0) is 11.9. The lowest BCUT2D eigenvalue weighted by molar-refractivity contribution is -0.136. The van der Waals surface area contributed by atoms with Crippen molar-refractivity contribution >= 4 is 10.9 Å². The number of aryl methyl sites for hydroxylation is 1. The van der Waals surface area contributed by atoms with Crippen molar-refractivity contribution in [3.05, 3.63) is 46.2 Å². The molecule has 0 unspecified atom stereocenters. The van der Waals surface area contributed by atoms with Crippen LogP contribution < -0.4 is 5.43 Å². The van der Waals surface area contributed by atoms with Gasteiger partial charge in [0.1, 0.15) is 0 Å². The first-order valence-corrected chi connectivity index (χ1v) is 4.57. The highest BCUT2D eigenvalue weighted by Gasteiger charge is 2.33. The average molecular weight is 227 g/mol. The second kappa shape index (κ2) is 3.37. The van der Waals surface area contributed by atoms with Crippen LogP contribution in [0.4, 0.5) is 13.2 Å². The molecule has 2 aromatic rings. The van der Waals surface area contributed by atoms with Gasteiger partial charge in [-0.15, -0.1) is 0 Å². The van der Waals surface area contributed by atoms with E-state index in [4.69, 9.17) is 0 Å². The largest absolute Gasteiger partial charge is 0.418 e. The van der Waals surface area contributed by atoms with Gasteiger partial charge in [-0.1, -0.05) is 6.07 Å². The maximum absolute atomic E-state index is 12.7. The molecular formula is C11H8F3NO. The average Bonchev–Trinajstić information content (AvgIpc) is 2.22. The molecule has 1 heterocycles. The summed E-state index contributed by atoms with van der Waals surface area (Å²) < 4.78 is 39.4. The molecule has 0 aliphatic carbocycles. The molecule has 0 aliphatic heterocycles. The number of hydrogen-bond acceptors (Lipinski definition) is 1. The van der Waals surface area contributed by atoms with E-state index in [2.05, 4.69) is 0 Å². The zero-order valence-electron chi connectivity index (χ0n) is 8.38. The second-order valence-electron chi connectivity index (χ2n) is 3.49. The number of hydrogen-bond donors (Lipinski definition) is 0. The van der Waals surface area contributed by atoms with Gasteiger partial charge in [0.05, 0.1) is 11.1 Å². The molecule has 0 fully saturated rings. The minimum atomic E-state index is -4.45. The molecule has 1 aromatic carbocycles. The maximum atomic E-state index is 12.7. The van der Waals surface area contributed by atoms with Gasteiger partial charge in [0.2, 0.25) is 0 Å². The summed E-state index contributed by atoms with van der Waals surface area (Å²) in [7, 11) is 1.48. The van der Waals surface area contributed by atoms with Crippen molar-refractivity contribution in [2.45, 2.75) is 6.18 Å². The number of fused-ring (bicyclic) bond motifs is 1. The van der Waals surface area contributed by atoms with E-state index < -0.39 is 17.2 Å². The van der Waals surface area contributed by atoms with Crippen LogP contribution in [0.5, 0.6) is 0 Å². The number of benzene rings is 1. The van der Waals surface area contributed by atoms with E-state index in [-0.39, 0.29) is 10.9 Å². The van der Waals surface area contributed by atoms with Crippen LogP contribution in [0.1, 0.15) is 5.56 Å². The molecule has 84 valence electrons. The Kier molecular flexibility index (Phi) is 2.26. The van der Waals surface area contributed by atoms with Crippen LogP contribution in [-0.2, 0) is 13.2 Å². The first kappa shape index (κ1) is 10.7. The van der Waals surface area contributed by atoms with Crippen molar-refractivity contribution in [2.24, 2.45) is 7.05 Å². The number of rotatable bonds is 0. The van der Waals surface area contributed by atoms with Gasteiger partial charge < -0.3 is 4.57 Å². The predicted octanol–water partition coefficient (Wildman–Crippen LogP) is 2.56. The molecule has 0 bridgehead atoms. The van der Waals surface area contributed by atoms with E-state index in [9.17, 15) is 18.0 Å². The number of aromatic nitrogens is 1. The molecule has 0 atom stereocenters. The molecule has 1 aromatic heterocycles. The molecular weight excluding hydrogens is 219 g/mol. The van der Waals surface area contributed by atoms with Gasteiger partial charge >= 0.3 is 6.18 Å². The van der Waals surface area contributed by atoms with Crippen molar-refractivity contribution in [3.8, 4) is 0 Å². The van der Waals surface area contributed by atoms with Crippen molar-refractivity contribution in [3.63, 3.8) is 0 Å². The summed E-state index contributed by atoms with van der Waals surface area (Å²) in [5.74, 6) is 0. The Balaban J connectivity index is 2.98. The second-order valence-corrected chi connectivity index (χ2v) is 3.49. The third-order valence-corrected chi connectivity index (χ3v) is 2.41. The highest BCUT2D eigenvalue weighted by atomic mass is 19.4. The maximum Gasteiger partial charge on any atom is 0.418 e. The van der Waals surface area contributed by atoms with Crippen molar-refractivity contribution < 1.29 is 13.2 Å². The van der Waals surface area contributed by atoms with Crippen LogP contribution in [0.15, 0.2) is 35.3 Å². The summed E-state index contributed by atoms with van der Waals surface area (Å²) in [5.41, 5.74) is -1.27. The quantitative estimate of drug-likeness (QED) is 0.678. The Hall–Kier alpha value is -1.78. The molecule has 2 rings (SSSR count). The normalized spacial score (nSPS) is 12.0. The Bertz CT molecular complexity index is 598. The number of alkyl halides is 3. The Morgan fingerprint density at radius 2 is 1.88 bits per heavy atom. The van der Waals surface area contributed by atoms with Crippen molar-refractivity contribution in [2.75, 3.05) is 0 Å². The van der Waals surface area contributed by atoms with Gasteiger partial charge in [-0.3, -0.25) is 4.79 Å². The summed E-state index contributed by atoms with van der Waals surface area (Å²) in [5, 5.41) is 0.0832. The van der Waals surface area contributed by atoms with Crippen molar-refractivity contribution in [1.82, 2.24) is 4.57 Å². The van der Waals surface area contributed by atoms with Crippen LogP contribution in [0, 0.1) is 0 Å². The first-order valence-electron chi connectivity index (χ1n) is 4.57. The lowest BCUT2D eigenvalue weighted by atomic mass is 10.1. The minimum absolute atomic E-state index is 0.0810. The third-order valence-electron chi connectivity index (χ3n) is 2.41. The molecule has 0 saturated carbocycles. The van der Waals surface area contributed by atoms with E-state index in [0.717, 1.165) is 6.07 Å². The van der Waals surface area contributed by atoms with Gasteiger partial charge in [0, 0.05) is 24.7 Å². The van der Waals surface area contributed by atoms with E-state index in [1.54, 1.807) is 0 Å². The molecule has 0 aliphatic rings. The predicted molar refractivity (Wildman–Crippen MR) is 54.2 cm³/mol. The van der Waals surface area contributed by atoms with E-state index in [1.807, 2.05) is 0 Å². The van der Waals surface area contributed by atoms with Gasteiger partial charge in [0.25, 0.3) is 0 Å².